The van der Waals surface area contributed by atoms with E-state index in [1.807, 2.05) is 0 Å². The van der Waals surface area contributed by atoms with Crippen molar-refractivity contribution in [2.24, 2.45) is 5.41 Å². The summed E-state index contributed by atoms with van der Waals surface area (Å²) in [6.45, 7) is 20.5. The minimum Gasteiger partial charge on any atom is -0.381 e. The summed E-state index contributed by atoms with van der Waals surface area (Å²) in [7, 11) is 0. The molecule has 0 saturated heterocycles. The Balaban J connectivity index is 2.79. The SMILES string of the molecule is C=C(CNc1ccc(C(C)(C)C)cc1C)C(C)(C)C. The first kappa shape index (κ1) is 15.8. The first-order valence-electron chi connectivity index (χ1n) is 7.05. The van der Waals surface area contributed by atoms with Gasteiger partial charge in [0, 0.05) is 12.2 Å². The Bertz CT molecular complexity index is 456. The van der Waals surface area contributed by atoms with Gasteiger partial charge in [-0.05, 0) is 34.9 Å². The zero-order chi connectivity index (χ0) is 14.8. The number of rotatable bonds is 3. The molecule has 0 bridgehead atoms. The lowest BCUT2D eigenvalue weighted by molar-refractivity contribution is 0.500. The lowest BCUT2D eigenvalue weighted by atomic mass is 9.86. The summed E-state index contributed by atoms with van der Waals surface area (Å²) in [5.41, 5.74) is 5.48. The van der Waals surface area contributed by atoms with Crippen LogP contribution in [0.2, 0.25) is 0 Å². The van der Waals surface area contributed by atoms with Gasteiger partial charge < -0.3 is 5.32 Å². The summed E-state index contributed by atoms with van der Waals surface area (Å²) in [6.07, 6.45) is 0. The third-order valence-corrected chi connectivity index (χ3v) is 3.65. The molecule has 1 N–H and O–H groups in total. The van der Waals surface area contributed by atoms with Gasteiger partial charge in [-0.2, -0.15) is 0 Å². The molecule has 1 rings (SSSR count). The van der Waals surface area contributed by atoms with Gasteiger partial charge in [-0.25, -0.2) is 0 Å². The highest BCUT2D eigenvalue weighted by Gasteiger charge is 2.16. The van der Waals surface area contributed by atoms with Crippen LogP contribution >= 0.6 is 0 Å². The second-order valence-corrected chi connectivity index (χ2v) is 7.49. The fraction of sp³-hybridized carbons (Fsp3) is 0.556. The van der Waals surface area contributed by atoms with Gasteiger partial charge in [0.2, 0.25) is 0 Å². The number of hydrogen-bond acceptors (Lipinski definition) is 1. The van der Waals surface area contributed by atoms with E-state index in [2.05, 4.69) is 78.6 Å². The van der Waals surface area contributed by atoms with Gasteiger partial charge in [-0.3, -0.25) is 0 Å². The van der Waals surface area contributed by atoms with Crippen molar-refractivity contribution in [2.75, 3.05) is 11.9 Å². The normalized spacial score (nSPS) is 12.4. The van der Waals surface area contributed by atoms with Crippen LogP contribution in [0.4, 0.5) is 5.69 Å². The van der Waals surface area contributed by atoms with Crippen LogP contribution in [0.5, 0.6) is 0 Å². The second-order valence-electron chi connectivity index (χ2n) is 7.49. The van der Waals surface area contributed by atoms with Gasteiger partial charge in [0.25, 0.3) is 0 Å². The van der Waals surface area contributed by atoms with Gasteiger partial charge in [0.05, 0.1) is 0 Å². The summed E-state index contributed by atoms with van der Waals surface area (Å²) in [5, 5.41) is 3.50. The first-order chi connectivity index (χ1) is 8.51. The fourth-order valence-corrected chi connectivity index (χ4v) is 1.80. The molecule has 1 aromatic carbocycles. The van der Waals surface area contributed by atoms with E-state index in [-0.39, 0.29) is 10.8 Å². The Hall–Kier alpha value is -1.24. The fourth-order valence-electron chi connectivity index (χ4n) is 1.80. The molecule has 0 atom stereocenters. The maximum absolute atomic E-state index is 4.17. The number of benzene rings is 1. The van der Waals surface area contributed by atoms with Crippen LogP contribution in [0.25, 0.3) is 0 Å². The molecule has 0 aliphatic rings. The molecule has 0 unspecified atom stereocenters. The molecule has 1 nitrogen and oxygen atoms in total. The van der Waals surface area contributed by atoms with E-state index in [0.29, 0.717) is 0 Å². The maximum Gasteiger partial charge on any atom is 0.0372 e. The predicted octanol–water partition coefficient (Wildman–Crippen LogP) is 5.31. The number of nitrogens with one attached hydrogen (secondary N) is 1. The third-order valence-electron chi connectivity index (χ3n) is 3.65. The van der Waals surface area contributed by atoms with Crippen molar-refractivity contribution in [3.8, 4) is 0 Å². The molecule has 106 valence electrons. The van der Waals surface area contributed by atoms with Crippen LogP contribution < -0.4 is 5.32 Å². The third kappa shape index (κ3) is 4.41. The predicted molar refractivity (Wildman–Crippen MR) is 87.0 cm³/mol. The van der Waals surface area contributed by atoms with Gasteiger partial charge in [0.1, 0.15) is 0 Å². The number of anilines is 1. The summed E-state index contributed by atoms with van der Waals surface area (Å²) in [5.74, 6) is 0. The Morgan fingerprint density at radius 2 is 1.68 bits per heavy atom. The average Bonchev–Trinajstić information content (AvgIpc) is 2.24. The molecule has 0 heterocycles. The van der Waals surface area contributed by atoms with Crippen molar-refractivity contribution in [1.82, 2.24) is 0 Å². The average molecular weight is 259 g/mol. The van der Waals surface area contributed by atoms with E-state index in [0.717, 1.165) is 6.54 Å². The first-order valence-corrected chi connectivity index (χ1v) is 7.05. The van der Waals surface area contributed by atoms with Gasteiger partial charge >= 0.3 is 0 Å². The summed E-state index contributed by atoms with van der Waals surface area (Å²) < 4.78 is 0. The van der Waals surface area contributed by atoms with Crippen molar-refractivity contribution < 1.29 is 0 Å². The van der Waals surface area contributed by atoms with Gasteiger partial charge in [-0.15, -0.1) is 0 Å². The van der Waals surface area contributed by atoms with Crippen molar-refractivity contribution in [3.05, 3.63) is 41.5 Å². The number of aryl methyl sites for hydroxylation is 1. The van der Waals surface area contributed by atoms with Crippen molar-refractivity contribution in [3.63, 3.8) is 0 Å². The zero-order valence-electron chi connectivity index (χ0n) is 13.6. The summed E-state index contributed by atoms with van der Waals surface area (Å²) >= 11 is 0. The lowest BCUT2D eigenvalue weighted by Gasteiger charge is -2.24. The molecule has 0 aliphatic carbocycles. The molecule has 0 spiro atoms. The summed E-state index contributed by atoms with van der Waals surface area (Å²) in [6, 6.07) is 6.68. The standard InChI is InChI=1S/C18H29N/c1-13-11-15(18(6,7)8)9-10-16(13)19-12-14(2)17(3,4)5/h9-11,19H,2,12H2,1,3-8H3. The highest BCUT2D eigenvalue weighted by atomic mass is 14.9. The topological polar surface area (TPSA) is 12.0 Å². The van der Waals surface area contributed by atoms with Gasteiger partial charge in [0.15, 0.2) is 0 Å². The highest BCUT2D eigenvalue weighted by Crippen LogP contribution is 2.28. The summed E-state index contributed by atoms with van der Waals surface area (Å²) in [4.78, 5) is 0. The monoisotopic (exact) mass is 259 g/mol. The quantitative estimate of drug-likeness (QED) is 0.726. The smallest absolute Gasteiger partial charge is 0.0372 e. The van der Waals surface area contributed by atoms with Crippen molar-refractivity contribution in [1.29, 1.82) is 0 Å². The molecule has 19 heavy (non-hydrogen) atoms. The minimum absolute atomic E-state index is 0.159. The van der Waals surface area contributed by atoms with Crippen LogP contribution in [0, 0.1) is 12.3 Å². The lowest BCUT2D eigenvalue weighted by Crippen LogP contribution is -2.17. The van der Waals surface area contributed by atoms with Crippen LogP contribution in [0.3, 0.4) is 0 Å². The van der Waals surface area contributed by atoms with E-state index in [4.69, 9.17) is 0 Å². The van der Waals surface area contributed by atoms with Gasteiger partial charge in [-0.1, -0.05) is 65.8 Å². The van der Waals surface area contributed by atoms with E-state index in [1.165, 1.54) is 22.4 Å². The maximum atomic E-state index is 4.17. The molecule has 0 saturated carbocycles. The minimum atomic E-state index is 0.159. The Morgan fingerprint density at radius 1 is 1.11 bits per heavy atom. The van der Waals surface area contributed by atoms with Crippen LogP contribution in [-0.4, -0.2) is 6.54 Å². The van der Waals surface area contributed by atoms with Crippen LogP contribution in [0.1, 0.15) is 52.7 Å². The Kier molecular flexibility index (Phi) is 4.50. The largest absolute Gasteiger partial charge is 0.381 e. The van der Waals surface area contributed by atoms with E-state index in [9.17, 15) is 0 Å². The second kappa shape index (κ2) is 5.40. The molecule has 0 amide bonds. The Labute approximate surface area is 119 Å². The van der Waals surface area contributed by atoms with Crippen molar-refractivity contribution >= 4 is 5.69 Å². The molecule has 0 radical (unpaired) electrons. The molecule has 0 fully saturated rings. The van der Waals surface area contributed by atoms with E-state index in [1.54, 1.807) is 0 Å². The van der Waals surface area contributed by atoms with E-state index < -0.39 is 0 Å². The molecule has 1 heteroatoms. The highest BCUT2D eigenvalue weighted by molar-refractivity contribution is 5.53. The zero-order valence-corrected chi connectivity index (χ0v) is 13.6. The van der Waals surface area contributed by atoms with Crippen LogP contribution in [-0.2, 0) is 5.41 Å². The van der Waals surface area contributed by atoms with Crippen LogP contribution in [0.15, 0.2) is 30.4 Å². The van der Waals surface area contributed by atoms with E-state index >= 15 is 0 Å². The molecular formula is C18H29N. The Morgan fingerprint density at radius 3 is 2.11 bits per heavy atom. The molecular weight excluding hydrogens is 230 g/mol. The number of hydrogen-bond donors (Lipinski definition) is 1. The molecule has 0 aliphatic heterocycles. The van der Waals surface area contributed by atoms with Crippen molar-refractivity contribution in [2.45, 2.75) is 53.9 Å². The molecule has 0 aromatic heterocycles. The molecule has 1 aromatic rings.